The third-order valence-corrected chi connectivity index (χ3v) is 6.22. The van der Waals surface area contributed by atoms with E-state index < -0.39 is 10.7 Å². The summed E-state index contributed by atoms with van der Waals surface area (Å²) in [5.74, 6) is -0.935. The van der Waals surface area contributed by atoms with Gasteiger partial charge in [0.25, 0.3) is 11.6 Å². The lowest BCUT2D eigenvalue weighted by Crippen LogP contribution is -2.27. The van der Waals surface area contributed by atoms with Crippen molar-refractivity contribution in [1.82, 2.24) is 4.57 Å². The maximum Gasteiger partial charge on any atom is 0.274 e. The van der Waals surface area contributed by atoms with Gasteiger partial charge in [0.05, 0.1) is 27.1 Å². The van der Waals surface area contributed by atoms with Gasteiger partial charge in [0.1, 0.15) is 5.82 Å². The topological polar surface area (TPSA) is 68.4 Å². The van der Waals surface area contributed by atoms with Crippen LogP contribution in [0.5, 0.6) is 0 Å². The van der Waals surface area contributed by atoms with Gasteiger partial charge in [-0.15, -0.1) is 0 Å². The average molecular weight is 474 g/mol. The number of benzene rings is 2. The maximum absolute atomic E-state index is 13.5. The first-order valence-electron chi connectivity index (χ1n) is 8.95. The van der Waals surface area contributed by atoms with E-state index in [2.05, 4.69) is 0 Å². The Labute approximate surface area is 191 Å². The molecule has 0 aliphatic carbocycles. The fourth-order valence-electron chi connectivity index (χ4n) is 3.16. The number of amides is 1. The molecule has 1 saturated heterocycles. The first-order chi connectivity index (χ1) is 14.8. The van der Waals surface area contributed by atoms with E-state index in [-0.39, 0.29) is 23.2 Å². The Kier molecular flexibility index (Phi) is 5.90. The lowest BCUT2D eigenvalue weighted by atomic mass is 10.2. The molecule has 0 radical (unpaired) electrons. The van der Waals surface area contributed by atoms with Crippen LogP contribution in [0, 0.1) is 15.9 Å². The lowest BCUT2D eigenvalue weighted by molar-refractivity contribution is -0.385. The number of aromatic nitrogens is 1. The molecule has 0 spiro atoms. The fraction of sp³-hybridized carbons (Fsp3) is 0.0476. The van der Waals surface area contributed by atoms with Gasteiger partial charge >= 0.3 is 0 Å². The number of halogens is 2. The van der Waals surface area contributed by atoms with Crippen LogP contribution in [0.2, 0.25) is 5.02 Å². The predicted octanol–water partition coefficient (Wildman–Crippen LogP) is 5.64. The van der Waals surface area contributed by atoms with Gasteiger partial charge < -0.3 is 4.57 Å². The molecule has 10 heteroatoms. The number of thioether (sulfide) groups is 1. The molecule has 2 heterocycles. The number of hydrogen-bond donors (Lipinski definition) is 0. The van der Waals surface area contributed by atoms with Gasteiger partial charge in [0, 0.05) is 23.5 Å². The summed E-state index contributed by atoms with van der Waals surface area (Å²) in [6, 6.07) is 14.1. The summed E-state index contributed by atoms with van der Waals surface area (Å²) in [7, 11) is 0. The first-order valence-corrected chi connectivity index (χ1v) is 10.6. The van der Waals surface area contributed by atoms with Crippen LogP contribution in [0.25, 0.3) is 6.08 Å². The molecule has 0 saturated carbocycles. The molecule has 0 N–H and O–H groups in total. The molecule has 1 aliphatic heterocycles. The molecule has 1 amide bonds. The third kappa shape index (κ3) is 4.25. The van der Waals surface area contributed by atoms with Crippen LogP contribution in [0.15, 0.2) is 65.7 Å². The number of nitrogens with zero attached hydrogens (tertiary/aromatic N) is 3. The van der Waals surface area contributed by atoms with Crippen molar-refractivity contribution in [3.05, 3.63) is 97.9 Å². The Morgan fingerprint density at radius 1 is 1.19 bits per heavy atom. The second-order valence-corrected chi connectivity index (χ2v) is 8.65. The van der Waals surface area contributed by atoms with Crippen molar-refractivity contribution < 1.29 is 14.1 Å². The number of hydrogen-bond acceptors (Lipinski definition) is 5. The van der Waals surface area contributed by atoms with Gasteiger partial charge in [0.2, 0.25) is 0 Å². The monoisotopic (exact) mass is 473 g/mol. The van der Waals surface area contributed by atoms with Gasteiger partial charge in [-0.05, 0) is 36.4 Å². The minimum Gasteiger partial charge on any atom is -0.343 e. The highest BCUT2D eigenvalue weighted by atomic mass is 35.5. The van der Waals surface area contributed by atoms with E-state index in [0.717, 1.165) is 11.8 Å². The summed E-state index contributed by atoms with van der Waals surface area (Å²) in [5.41, 5.74) is 1.65. The molecule has 0 bridgehead atoms. The van der Waals surface area contributed by atoms with Gasteiger partial charge in [-0.25, -0.2) is 4.39 Å². The van der Waals surface area contributed by atoms with Crippen molar-refractivity contribution in [3.8, 4) is 0 Å². The summed E-state index contributed by atoms with van der Waals surface area (Å²) in [6.45, 7) is 0.268. The lowest BCUT2D eigenvalue weighted by Gasteiger charge is -2.14. The number of carbonyl (C=O) groups excluding carboxylic acids is 1. The number of para-hydroxylation sites is 1. The summed E-state index contributed by atoms with van der Waals surface area (Å²) in [4.78, 5) is 25.5. The smallest absolute Gasteiger partial charge is 0.274 e. The minimum absolute atomic E-state index is 0.0293. The second-order valence-electron chi connectivity index (χ2n) is 6.56. The van der Waals surface area contributed by atoms with Crippen LogP contribution < -0.4 is 4.90 Å². The highest BCUT2D eigenvalue weighted by Crippen LogP contribution is 2.37. The van der Waals surface area contributed by atoms with Crippen molar-refractivity contribution in [1.29, 1.82) is 0 Å². The molecular weight excluding hydrogens is 461 g/mol. The number of rotatable bonds is 5. The van der Waals surface area contributed by atoms with Gasteiger partial charge in [-0.3, -0.25) is 19.8 Å². The molecule has 0 atom stereocenters. The zero-order valence-corrected chi connectivity index (χ0v) is 18.1. The highest BCUT2D eigenvalue weighted by molar-refractivity contribution is 8.27. The molecule has 31 heavy (non-hydrogen) atoms. The summed E-state index contributed by atoms with van der Waals surface area (Å²) in [5, 5.41) is 11.2. The number of nitro benzene ring substituents is 1. The van der Waals surface area contributed by atoms with Crippen molar-refractivity contribution in [2.45, 2.75) is 6.54 Å². The van der Waals surface area contributed by atoms with E-state index >= 15 is 0 Å². The first kappa shape index (κ1) is 21.2. The Bertz CT molecular complexity index is 1260. The molecule has 1 fully saturated rings. The van der Waals surface area contributed by atoms with E-state index in [9.17, 15) is 19.3 Å². The number of thiocarbonyl (C=S) groups is 1. The standard InChI is InChI=1S/C21H13ClFN3O3S2/c22-16-10-15(7-8-17(16)23)25-20(27)19(31-21(25)30)11-14-5-3-9-24(14)12-13-4-1-2-6-18(13)26(28)29/h1-11H,12H2/b19-11+. The Hall–Kier alpha value is -3.01. The predicted molar refractivity (Wildman–Crippen MR) is 124 cm³/mol. The molecule has 0 unspecified atom stereocenters. The normalized spacial score (nSPS) is 15.2. The summed E-state index contributed by atoms with van der Waals surface area (Å²) < 4.78 is 15.6. The van der Waals surface area contributed by atoms with E-state index in [0.29, 0.717) is 26.2 Å². The zero-order valence-electron chi connectivity index (χ0n) is 15.7. The van der Waals surface area contributed by atoms with Gasteiger partial charge in [-0.1, -0.05) is 53.8 Å². The van der Waals surface area contributed by atoms with Crippen LogP contribution >= 0.6 is 35.6 Å². The quantitative estimate of drug-likeness (QED) is 0.207. The average Bonchev–Trinajstić information content (AvgIpc) is 3.28. The number of carbonyl (C=O) groups is 1. The Morgan fingerprint density at radius 3 is 2.71 bits per heavy atom. The Morgan fingerprint density at radius 2 is 1.97 bits per heavy atom. The molecule has 1 aliphatic rings. The van der Waals surface area contributed by atoms with Crippen molar-refractivity contribution in [3.63, 3.8) is 0 Å². The van der Waals surface area contributed by atoms with Crippen molar-refractivity contribution >= 4 is 63.3 Å². The largest absolute Gasteiger partial charge is 0.343 e. The number of anilines is 1. The van der Waals surface area contributed by atoms with Crippen LogP contribution in [0.1, 0.15) is 11.3 Å². The fourth-order valence-corrected chi connectivity index (χ4v) is 4.62. The Balaban J connectivity index is 1.63. The summed E-state index contributed by atoms with van der Waals surface area (Å²) in [6.07, 6.45) is 3.46. The van der Waals surface area contributed by atoms with E-state index in [1.54, 1.807) is 42.6 Å². The van der Waals surface area contributed by atoms with E-state index in [4.69, 9.17) is 23.8 Å². The van der Waals surface area contributed by atoms with Crippen molar-refractivity contribution in [2.24, 2.45) is 0 Å². The SMILES string of the molecule is O=C1/C(=C\c2cccn2Cc2ccccc2[N+](=O)[O-])SC(=S)N1c1ccc(F)c(Cl)c1. The van der Waals surface area contributed by atoms with Crippen LogP contribution in [0.3, 0.4) is 0 Å². The van der Waals surface area contributed by atoms with Crippen LogP contribution in [-0.4, -0.2) is 19.7 Å². The second kappa shape index (κ2) is 8.62. The number of nitro groups is 1. The molecule has 4 rings (SSSR count). The van der Waals surface area contributed by atoms with Gasteiger partial charge in [-0.2, -0.15) is 0 Å². The third-order valence-electron chi connectivity index (χ3n) is 4.63. The van der Waals surface area contributed by atoms with E-state index in [1.807, 2.05) is 4.57 Å². The van der Waals surface area contributed by atoms with Crippen LogP contribution in [0.4, 0.5) is 15.8 Å². The van der Waals surface area contributed by atoms with Gasteiger partial charge in [0.15, 0.2) is 4.32 Å². The molecule has 3 aromatic rings. The molecule has 1 aromatic heterocycles. The molecule has 6 nitrogen and oxygen atoms in total. The zero-order chi connectivity index (χ0) is 22.1. The molecular formula is C21H13ClFN3O3S2. The molecule has 156 valence electrons. The summed E-state index contributed by atoms with van der Waals surface area (Å²) >= 11 is 12.3. The van der Waals surface area contributed by atoms with Crippen LogP contribution in [-0.2, 0) is 11.3 Å². The highest BCUT2D eigenvalue weighted by Gasteiger charge is 2.33. The molecule has 2 aromatic carbocycles. The maximum atomic E-state index is 13.5. The van der Waals surface area contributed by atoms with Crippen molar-refractivity contribution in [2.75, 3.05) is 4.90 Å². The minimum atomic E-state index is -0.584. The van der Waals surface area contributed by atoms with E-state index in [1.165, 1.54) is 29.2 Å².